The van der Waals surface area contributed by atoms with Gasteiger partial charge in [-0.1, -0.05) is 12.2 Å². The SMILES string of the molecule is O=C(O)C1C=CCN(S(=O)(=O)c2ccco2)C1. The van der Waals surface area contributed by atoms with Gasteiger partial charge in [0.1, 0.15) is 0 Å². The Morgan fingerprint density at radius 3 is 2.88 bits per heavy atom. The Labute approximate surface area is 98.2 Å². The first kappa shape index (κ1) is 11.9. The molecule has 0 aliphatic carbocycles. The summed E-state index contributed by atoms with van der Waals surface area (Å²) in [5.41, 5.74) is 0. The maximum atomic E-state index is 12.0. The van der Waals surface area contributed by atoms with Gasteiger partial charge in [0.05, 0.1) is 12.2 Å². The molecule has 1 aromatic heterocycles. The number of aliphatic carboxylic acids is 1. The number of hydrogen-bond donors (Lipinski definition) is 1. The van der Waals surface area contributed by atoms with Crippen LogP contribution in [0.4, 0.5) is 0 Å². The highest BCUT2D eigenvalue weighted by molar-refractivity contribution is 7.89. The molecule has 2 heterocycles. The molecule has 0 fully saturated rings. The number of rotatable bonds is 3. The summed E-state index contributed by atoms with van der Waals surface area (Å²) in [6, 6.07) is 2.81. The van der Waals surface area contributed by atoms with Crippen LogP contribution < -0.4 is 0 Å². The monoisotopic (exact) mass is 257 g/mol. The van der Waals surface area contributed by atoms with Gasteiger partial charge in [-0.15, -0.1) is 0 Å². The van der Waals surface area contributed by atoms with E-state index in [-0.39, 0.29) is 18.2 Å². The second-order valence-electron chi connectivity index (χ2n) is 3.63. The molecule has 6 nitrogen and oxygen atoms in total. The smallest absolute Gasteiger partial charge is 0.311 e. The van der Waals surface area contributed by atoms with Gasteiger partial charge >= 0.3 is 5.97 Å². The number of sulfonamides is 1. The molecule has 0 amide bonds. The van der Waals surface area contributed by atoms with E-state index in [1.165, 1.54) is 30.5 Å². The lowest BCUT2D eigenvalue weighted by atomic mass is 10.1. The highest BCUT2D eigenvalue weighted by atomic mass is 32.2. The van der Waals surface area contributed by atoms with Crippen molar-refractivity contribution in [3.8, 4) is 0 Å². The van der Waals surface area contributed by atoms with Crippen molar-refractivity contribution in [2.75, 3.05) is 13.1 Å². The molecule has 17 heavy (non-hydrogen) atoms. The zero-order chi connectivity index (χ0) is 12.5. The minimum atomic E-state index is -3.73. The van der Waals surface area contributed by atoms with E-state index in [9.17, 15) is 13.2 Å². The van der Waals surface area contributed by atoms with Crippen molar-refractivity contribution in [1.29, 1.82) is 0 Å². The zero-order valence-corrected chi connectivity index (χ0v) is 9.63. The van der Waals surface area contributed by atoms with Crippen LogP contribution in [0.5, 0.6) is 0 Å². The number of carboxylic acid groups (broad SMARTS) is 1. The molecule has 1 aliphatic rings. The maximum Gasteiger partial charge on any atom is 0.311 e. The Kier molecular flexibility index (Phi) is 3.03. The summed E-state index contributed by atoms with van der Waals surface area (Å²) in [5.74, 6) is -1.85. The van der Waals surface area contributed by atoms with E-state index in [0.29, 0.717) is 0 Å². The van der Waals surface area contributed by atoms with Crippen LogP contribution >= 0.6 is 0 Å². The lowest BCUT2D eigenvalue weighted by molar-refractivity contribution is -0.140. The predicted molar refractivity (Wildman–Crippen MR) is 57.7 cm³/mol. The lowest BCUT2D eigenvalue weighted by Gasteiger charge is -2.24. The number of carboxylic acids is 1. The second kappa shape index (κ2) is 4.34. The van der Waals surface area contributed by atoms with Crippen LogP contribution in [-0.2, 0) is 14.8 Å². The minimum Gasteiger partial charge on any atom is -0.481 e. The molecular weight excluding hydrogens is 246 g/mol. The lowest BCUT2D eigenvalue weighted by Crippen LogP contribution is -2.39. The van der Waals surface area contributed by atoms with Gasteiger partial charge in [0.2, 0.25) is 5.09 Å². The van der Waals surface area contributed by atoms with Gasteiger partial charge in [0.25, 0.3) is 10.0 Å². The van der Waals surface area contributed by atoms with Crippen LogP contribution in [0.3, 0.4) is 0 Å². The molecule has 7 heteroatoms. The predicted octanol–water partition coefficient (Wildman–Crippen LogP) is 0.541. The summed E-state index contributed by atoms with van der Waals surface area (Å²) in [5, 5.41) is 8.69. The van der Waals surface area contributed by atoms with Gasteiger partial charge in [0.15, 0.2) is 0 Å². The average molecular weight is 257 g/mol. The second-order valence-corrected chi connectivity index (χ2v) is 5.50. The largest absolute Gasteiger partial charge is 0.481 e. The van der Waals surface area contributed by atoms with Crippen molar-refractivity contribution >= 4 is 16.0 Å². The topological polar surface area (TPSA) is 87.8 Å². The van der Waals surface area contributed by atoms with Crippen LogP contribution in [0, 0.1) is 5.92 Å². The fourth-order valence-corrected chi connectivity index (χ4v) is 2.91. The Balaban J connectivity index is 2.25. The van der Waals surface area contributed by atoms with E-state index in [0.717, 1.165) is 4.31 Å². The number of nitrogens with zero attached hydrogens (tertiary/aromatic N) is 1. The van der Waals surface area contributed by atoms with E-state index in [1.54, 1.807) is 0 Å². The standard InChI is InChI=1S/C10H11NO5S/c12-10(13)8-3-1-5-11(7-8)17(14,15)9-4-2-6-16-9/h1-4,6,8H,5,7H2,(H,12,13). The van der Waals surface area contributed by atoms with E-state index >= 15 is 0 Å². The normalized spacial score (nSPS) is 21.5. The summed E-state index contributed by atoms with van der Waals surface area (Å²) in [7, 11) is -3.73. The third-order valence-corrected chi connectivity index (χ3v) is 4.20. The highest BCUT2D eigenvalue weighted by Gasteiger charge is 2.32. The van der Waals surface area contributed by atoms with Gasteiger partial charge in [-0.25, -0.2) is 8.42 Å². The van der Waals surface area contributed by atoms with E-state index in [4.69, 9.17) is 9.52 Å². The molecule has 0 aromatic carbocycles. The average Bonchev–Trinajstić information content (AvgIpc) is 2.83. The molecule has 2 rings (SSSR count). The van der Waals surface area contributed by atoms with Crippen molar-refractivity contribution in [3.63, 3.8) is 0 Å². The first-order valence-electron chi connectivity index (χ1n) is 4.95. The summed E-state index contributed by atoms with van der Waals surface area (Å²) < 4.78 is 30.0. The Hall–Kier alpha value is -1.60. The molecule has 0 spiro atoms. The summed E-state index contributed by atoms with van der Waals surface area (Å²) in [6.45, 7) is 0.0850. The fourth-order valence-electron chi connectivity index (χ4n) is 1.59. The van der Waals surface area contributed by atoms with Gasteiger partial charge in [0, 0.05) is 13.1 Å². The molecular formula is C10H11NO5S. The summed E-state index contributed by atoms with van der Waals surface area (Å²) >= 11 is 0. The molecule has 1 aromatic rings. The van der Waals surface area contributed by atoms with E-state index < -0.39 is 21.9 Å². The fraction of sp³-hybridized carbons (Fsp3) is 0.300. The van der Waals surface area contributed by atoms with Crippen molar-refractivity contribution in [1.82, 2.24) is 4.31 Å². The van der Waals surface area contributed by atoms with Crippen LogP contribution in [0.1, 0.15) is 0 Å². The molecule has 1 atom stereocenters. The number of carbonyl (C=O) groups is 1. The van der Waals surface area contributed by atoms with Crippen LogP contribution in [-0.4, -0.2) is 36.9 Å². The quantitative estimate of drug-likeness (QED) is 0.798. The van der Waals surface area contributed by atoms with Crippen LogP contribution in [0.25, 0.3) is 0 Å². The summed E-state index contributed by atoms with van der Waals surface area (Å²) in [4.78, 5) is 10.8. The molecule has 0 bridgehead atoms. The minimum absolute atomic E-state index is 0.0745. The molecule has 1 N–H and O–H groups in total. The molecule has 1 aliphatic heterocycles. The van der Waals surface area contributed by atoms with Crippen molar-refractivity contribution < 1.29 is 22.7 Å². The van der Waals surface area contributed by atoms with Crippen molar-refractivity contribution in [2.45, 2.75) is 5.09 Å². The molecule has 1 unspecified atom stereocenters. The first-order chi connectivity index (χ1) is 8.01. The van der Waals surface area contributed by atoms with Crippen molar-refractivity contribution in [3.05, 3.63) is 30.5 Å². The van der Waals surface area contributed by atoms with Gasteiger partial charge in [-0.05, 0) is 12.1 Å². The number of hydrogen-bond acceptors (Lipinski definition) is 4. The Morgan fingerprint density at radius 1 is 1.53 bits per heavy atom. The zero-order valence-electron chi connectivity index (χ0n) is 8.81. The van der Waals surface area contributed by atoms with Crippen molar-refractivity contribution in [2.24, 2.45) is 5.92 Å². The van der Waals surface area contributed by atoms with Gasteiger partial charge < -0.3 is 9.52 Å². The Bertz CT molecular complexity index is 531. The molecule has 0 radical (unpaired) electrons. The van der Waals surface area contributed by atoms with Gasteiger partial charge in [-0.3, -0.25) is 4.79 Å². The molecule has 0 saturated carbocycles. The highest BCUT2D eigenvalue weighted by Crippen LogP contribution is 2.20. The van der Waals surface area contributed by atoms with Crippen LogP contribution in [0.2, 0.25) is 0 Å². The number of furan rings is 1. The Morgan fingerprint density at radius 2 is 2.29 bits per heavy atom. The van der Waals surface area contributed by atoms with E-state index in [1.807, 2.05) is 0 Å². The van der Waals surface area contributed by atoms with Gasteiger partial charge in [-0.2, -0.15) is 4.31 Å². The molecule has 92 valence electrons. The van der Waals surface area contributed by atoms with Crippen LogP contribution in [0.15, 0.2) is 40.1 Å². The third-order valence-electron chi connectivity index (χ3n) is 2.48. The van der Waals surface area contributed by atoms with E-state index in [2.05, 4.69) is 0 Å². The maximum absolute atomic E-state index is 12.0. The third kappa shape index (κ3) is 2.25. The first-order valence-corrected chi connectivity index (χ1v) is 6.39. The molecule has 0 saturated heterocycles. The summed E-state index contributed by atoms with van der Waals surface area (Å²) in [6.07, 6.45) is 4.29.